The number of benzene rings is 1. The molecule has 0 saturated heterocycles. The first-order chi connectivity index (χ1) is 25.3. The lowest BCUT2D eigenvalue weighted by atomic mass is 9.79. The summed E-state index contributed by atoms with van der Waals surface area (Å²) >= 11 is 0. The summed E-state index contributed by atoms with van der Waals surface area (Å²) in [5.41, 5.74) is 6.05. The quantitative estimate of drug-likeness (QED) is 0.0314. The van der Waals surface area contributed by atoms with E-state index in [1.165, 1.54) is 115 Å². The number of carboxylic acids is 1. The van der Waals surface area contributed by atoms with E-state index < -0.39 is 31.4 Å². The summed E-state index contributed by atoms with van der Waals surface area (Å²) in [6.45, 7) is 4.53. The molecule has 1 saturated carbocycles. The third-order valence-electron chi connectivity index (χ3n) is 10.8. The molecule has 11 nitrogen and oxygen atoms in total. The molecule has 53 heavy (non-hydrogen) atoms. The largest absolute Gasteiger partial charge is 0.524 e. The van der Waals surface area contributed by atoms with Gasteiger partial charge in [0.15, 0.2) is 5.78 Å². The lowest BCUT2D eigenvalue weighted by Crippen LogP contribution is -2.56. The summed E-state index contributed by atoms with van der Waals surface area (Å²) < 4.78 is 16.0. The van der Waals surface area contributed by atoms with Gasteiger partial charge in [0.05, 0.1) is 11.6 Å². The normalized spacial score (nSPS) is 16.1. The summed E-state index contributed by atoms with van der Waals surface area (Å²) in [5.74, 6) is -1.10. The number of nitrogens with one attached hydrogen (secondary N) is 2. The molecular weight excluding hydrogens is 693 g/mol. The minimum Gasteiger partial charge on any atom is -0.481 e. The fraction of sp³-hybridized carbons (Fsp3) is 0.780. The number of hydrogen-bond donors (Lipinski definition) is 6. The summed E-state index contributed by atoms with van der Waals surface area (Å²) in [6, 6.07) is 4.92. The van der Waals surface area contributed by atoms with Gasteiger partial charge in [-0.1, -0.05) is 147 Å². The number of amides is 1. The smallest absolute Gasteiger partial charge is 0.481 e. The van der Waals surface area contributed by atoms with Gasteiger partial charge in [0.2, 0.25) is 5.91 Å². The average Bonchev–Trinajstić information content (AvgIpc) is 3.11. The van der Waals surface area contributed by atoms with E-state index in [1.807, 2.05) is 0 Å². The van der Waals surface area contributed by atoms with E-state index in [0.717, 1.165) is 37.7 Å². The van der Waals surface area contributed by atoms with E-state index in [1.54, 1.807) is 19.1 Å². The van der Waals surface area contributed by atoms with Crippen LogP contribution in [0, 0.1) is 5.92 Å². The molecule has 3 unspecified atom stereocenters. The van der Waals surface area contributed by atoms with Crippen molar-refractivity contribution in [3.8, 4) is 5.75 Å². The Labute approximate surface area is 319 Å². The van der Waals surface area contributed by atoms with Crippen molar-refractivity contribution < 1.29 is 38.4 Å². The Morgan fingerprint density at radius 3 is 1.92 bits per heavy atom. The zero-order valence-electron chi connectivity index (χ0n) is 32.8. The number of carboxylic acid groups (broad SMARTS) is 1. The van der Waals surface area contributed by atoms with Gasteiger partial charge in [0, 0.05) is 18.9 Å². The van der Waals surface area contributed by atoms with E-state index in [2.05, 4.69) is 17.6 Å². The summed E-state index contributed by atoms with van der Waals surface area (Å²) in [7, 11) is -4.71. The van der Waals surface area contributed by atoms with E-state index in [9.17, 15) is 33.8 Å². The number of ketones is 1. The monoisotopic (exact) mass is 766 g/mol. The van der Waals surface area contributed by atoms with Crippen molar-refractivity contribution in [1.82, 2.24) is 10.6 Å². The van der Waals surface area contributed by atoms with Gasteiger partial charge in [-0.3, -0.25) is 24.2 Å². The van der Waals surface area contributed by atoms with Crippen molar-refractivity contribution in [3.63, 3.8) is 0 Å². The Kier molecular flexibility index (Phi) is 23.4. The number of phosphoric acid groups is 1. The molecule has 0 aromatic heterocycles. The van der Waals surface area contributed by atoms with E-state index in [0.29, 0.717) is 18.9 Å². The van der Waals surface area contributed by atoms with E-state index in [-0.39, 0.29) is 36.7 Å². The van der Waals surface area contributed by atoms with E-state index >= 15 is 0 Å². The first kappa shape index (κ1) is 46.9. The third-order valence-corrected chi connectivity index (χ3v) is 11.3. The number of aliphatic carboxylic acids is 1. The minimum absolute atomic E-state index is 0.0124. The molecule has 1 amide bonds. The van der Waals surface area contributed by atoms with Gasteiger partial charge in [-0.2, -0.15) is 0 Å². The molecule has 12 heteroatoms. The maximum absolute atomic E-state index is 13.7. The second-order valence-corrected chi connectivity index (χ2v) is 16.7. The predicted molar refractivity (Wildman–Crippen MR) is 212 cm³/mol. The molecule has 1 aromatic carbocycles. The van der Waals surface area contributed by atoms with Crippen molar-refractivity contribution in [3.05, 3.63) is 29.8 Å². The predicted octanol–water partition coefficient (Wildman–Crippen LogP) is 9.05. The van der Waals surface area contributed by atoms with Crippen LogP contribution in [0.3, 0.4) is 0 Å². The number of hydrogen-bond acceptors (Lipinski definition) is 7. The average molecular weight is 766 g/mol. The first-order valence-corrected chi connectivity index (χ1v) is 22.3. The molecule has 7 N–H and O–H groups in total. The van der Waals surface area contributed by atoms with Crippen LogP contribution in [-0.2, 0) is 18.9 Å². The second kappa shape index (κ2) is 26.5. The summed E-state index contributed by atoms with van der Waals surface area (Å²) in [5, 5.41) is 15.7. The highest BCUT2D eigenvalue weighted by molar-refractivity contribution is 7.46. The number of Topliss-reactive ketones (excluding diaryl/α,β-unsaturated/α-hetero) is 1. The van der Waals surface area contributed by atoms with E-state index in [4.69, 9.17) is 10.3 Å². The van der Waals surface area contributed by atoms with Crippen LogP contribution in [0.2, 0.25) is 0 Å². The zero-order chi connectivity index (χ0) is 39.0. The molecule has 1 aliphatic carbocycles. The second-order valence-electron chi connectivity index (χ2n) is 15.6. The van der Waals surface area contributed by atoms with Crippen LogP contribution in [0.25, 0.3) is 0 Å². The van der Waals surface area contributed by atoms with Crippen molar-refractivity contribution >= 4 is 25.5 Å². The van der Waals surface area contributed by atoms with Gasteiger partial charge in [-0.25, -0.2) is 4.57 Å². The molecular formula is C41H72N3O8P. The molecule has 0 bridgehead atoms. The Hall–Kier alpha value is -2.30. The first-order valence-electron chi connectivity index (χ1n) is 20.8. The molecule has 0 spiro atoms. The van der Waals surface area contributed by atoms with Crippen molar-refractivity contribution in [1.29, 1.82) is 0 Å². The lowest BCUT2D eigenvalue weighted by Gasteiger charge is -2.32. The highest BCUT2D eigenvalue weighted by Crippen LogP contribution is 2.38. The van der Waals surface area contributed by atoms with Gasteiger partial charge in [0.1, 0.15) is 5.75 Å². The van der Waals surface area contributed by atoms with Crippen LogP contribution in [-0.4, -0.2) is 50.7 Å². The molecule has 0 radical (unpaired) electrons. The molecule has 304 valence electrons. The van der Waals surface area contributed by atoms with Crippen molar-refractivity contribution in [2.45, 2.75) is 192 Å². The van der Waals surface area contributed by atoms with Gasteiger partial charge < -0.3 is 26.0 Å². The fourth-order valence-corrected chi connectivity index (χ4v) is 8.06. The van der Waals surface area contributed by atoms with Crippen molar-refractivity contribution in [2.24, 2.45) is 11.7 Å². The number of rotatable bonds is 31. The molecule has 0 heterocycles. The topological polar surface area (TPSA) is 188 Å². The maximum Gasteiger partial charge on any atom is 0.524 e. The molecule has 1 fully saturated rings. The highest BCUT2D eigenvalue weighted by atomic mass is 31.2. The number of unbranched alkanes of at least 4 members (excludes halogenated alkanes) is 13. The van der Waals surface area contributed by atoms with Crippen LogP contribution < -0.4 is 20.9 Å². The molecule has 0 aliphatic heterocycles. The van der Waals surface area contributed by atoms with Crippen molar-refractivity contribution in [2.75, 3.05) is 6.54 Å². The molecule has 1 aromatic rings. The Bertz CT molecular complexity index is 1220. The van der Waals surface area contributed by atoms with Gasteiger partial charge in [-0.05, 0) is 56.3 Å². The highest BCUT2D eigenvalue weighted by Gasteiger charge is 2.37. The van der Waals surface area contributed by atoms with Crippen LogP contribution >= 0.6 is 7.82 Å². The summed E-state index contributed by atoms with van der Waals surface area (Å²) in [4.78, 5) is 56.9. The minimum atomic E-state index is -4.71. The number of carbonyl (C=O) groups is 3. The lowest BCUT2D eigenvalue weighted by molar-refractivity contribution is -0.138. The van der Waals surface area contributed by atoms with Crippen LogP contribution in [0.1, 0.15) is 186 Å². The number of phosphoric ester groups is 1. The van der Waals surface area contributed by atoms with Gasteiger partial charge in [-0.15, -0.1) is 0 Å². The Morgan fingerprint density at radius 2 is 1.40 bits per heavy atom. The number of nitrogens with two attached hydrogens (primary N) is 1. The Morgan fingerprint density at radius 1 is 0.849 bits per heavy atom. The molecule has 2 rings (SSSR count). The molecule has 1 aliphatic rings. The van der Waals surface area contributed by atoms with Crippen LogP contribution in [0.4, 0.5) is 0 Å². The van der Waals surface area contributed by atoms with Crippen LogP contribution in [0.5, 0.6) is 5.75 Å². The molecule has 3 atom stereocenters. The number of carbonyl (C=O) groups excluding carboxylic acids is 2. The van der Waals surface area contributed by atoms with Gasteiger partial charge in [0.25, 0.3) is 0 Å². The van der Waals surface area contributed by atoms with Crippen LogP contribution in [0.15, 0.2) is 24.3 Å². The summed E-state index contributed by atoms with van der Waals surface area (Å²) in [6.07, 6.45) is 25.6. The standard InChI is InChI=1S/C41H72N3O8P/c1-3-4-5-6-7-8-9-10-11-12-13-14-15-19-31-43-37(35-24-26-36(27-25-35)52-53(49,50)51)32-38(45)44-33(2)40(48)41(42,30-28-39(46)47)29-20-23-34-21-17-16-18-22-34/h24-27,33-34,37,43H,3-23,28-32,42H2,1-2H3,(H,44,45)(H,46,47)(H2,49,50,51). The fourth-order valence-electron chi connectivity index (χ4n) is 7.67. The third kappa shape index (κ3) is 21.4. The zero-order valence-corrected chi connectivity index (χ0v) is 33.7. The Balaban J connectivity index is 1.90. The maximum atomic E-state index is 13.7. The van der Waals surface area contributed by atoms with Gasteiger partial charge >= 0.3 is 13.8 Å². The SMILES string of the molecule is CCCCCCCCCCCCCCCCNC(CC(=O)NC(C)C(=O)C(N)(CCCC1CCCCC1)CCC(=O)O)c1ccc(OP(=O)(O)O)cc1.